The minimum atomic E-state index is -0.618. The number of rotatable bonds is 5. The van der Waals surface area contributed by atoms with Crippen LogP contribution in [0.2, 0.25) is 5.02 Å². The highest BCUT2D eigenvalue weighted by Crippen LogP contribution is 2.39. The predicted octanol–water partition coefficient (Wildman–Crippen LogP) is 4.54. The number of benzene rings is 1. The molecule has 0 N–H and O–H groups in total. The third kappa shape index (κ3) is 3.75. The van der Waals surface area contributed by atoms with Gasteiger partial charge in [0.2, 0.25) is 0 Å². The Morgan fingerprint density at radius 2 is 2.09 bits per heavy atom. The van der Waals surface area contributed by atoms with Gasteiger partial charge in [-0.25, -0.2) is 13.8 Å². The normalized spacial score (nSPS) is 11.1. The van der Waals surface area contributed by atoms with Gasteiger partial charge in [-0.05, 0) is 30.3 Å². The van der Waals surface area contributed by atoms with Crippen LogP contribution in [0.5, 0.6) is 5.75 Å². The fourth-order valence-electron chi connectivity index (χ4n) is 3.91. The Hall–Kier alpha value is -4.07. The highest BCUT2D eigenvalue weighted by Gasteiger charge is 2.21. The molecule has 35 heavy (non-hydrogen) atoms. The summed E-state index contributed by atoms with van der Waals surface area (Å²) in [6.45, 7) is 0.0687. The van der Waals surface area contributed by atoms with Crippen LogP contribution in [0, 0.1) is 17.1 Å². The van der Waals surface area contributed by atoms with E-state index in [2.05, 4.69) is 9.97 Å². The van der Waals surface area contributed by atoms with E-state index in [-0.39, 0.29) is 34.1 Å². The molecule has 0 amide bonds. The standard InChI is InChI=1S/C24H15ClFN5O3S/c1-34-20-8-14(15(25)9-16(20)26)21-10-18-22(35-21)23(32)31(24(33)30(18)7-3-5-27)19-12-28-11-17-13(19)4-2-6-29-17/h2,4,6,8-12H,3,7H2,1H3. The molecule has 11 heteroatoms. The summed E-state index contributed by atoms with van der Waals surface area (Å²) in [5.74, 6) is -0.622. The van der Waals surface area contributed by atoms with Gasteiger partial charge in [0.05, 0.1) is 53.7 Å². The first-order valence-corrected chi connectivity index (χ1v) is 11.5. The molecule has 0 aliphatic carbocycles. The van der Waals surface area contributed by atoms with Crippen LogP contribution in [0.4, 0.5) is 4.39 Å². The number of ether oxygens (including phenoxy) is 1. The van der Waals surface area contributed by atoms with Gasteiger partial charge in [-0.1, -0.05) is 11.6 Å². The first kappa shape index (κ1) is 22.7. The van der Waals surface area contributed by atoms with Crippen LogP contribution in [-0.2, 0) is 6.54 Å². The largest absolute Gasteiger partial charge is 0.494 e. The number of thiophene rings is 1. The number of aryl methyl sites for hydroxylation is 1. The molecule has 5 aromatic rings. The molecule has 0 fully saturated rings. The molecule has 1 aromatic carbocycles. The maximum absolute atomic E-state index is 14.1. The maximum atomic E-state index is 14.1. The van der Waals surface area contributed by atoms with Crippen molar-refractivity contribution in [1.82, 2.24) is 19.1 Å². The second-order valence-corrected chi connectivity index (χ2v) is 8.96. The number of halogens is 2. The van der Waals surface area contributed by atoms with Gasteiger partial charge in [-0.15, -0.1) is 11.3 Å². The molecule has 174 valence electrons. The van der Waals surface area contributed by atoms with Gasteiger partial charge in [0.1, 0.15) is 4.70 Å². The average molecular weight is 508 g/mol. The van der Waals surface area contributed by atoms with Crippen LogP contribution in [0.15, 0.2) is 58.5 Å². The Morgan fingerprint density at radius 3 is 2.86 bits per heavy atom. The lowest BCUT2D eigenvalue weighted by atomic mass is 10.1. The molecule has 4 aromatic heterocycles. The lowest BCUT2D eigenvalue weighted by molar-refractivity contribution is 0.387. The summed E-state index contributed by atoms with van der Waals surface area (Å²) >= 11 is 7.42. The van der Waals surface area contributed by atoms with Crippen LogP contribution in [0.1, 0.15) is 6.42 Å². The second kappa shape index (κ2) is 8.94. The minimum Gasteiger partial charge on any atom is -0.494 e. The number of pyridine rings is 2. The molecule has 0 spiro atoms. The van der Waals surface area contributed by atoms with E-state index in [0.717, 1.165) is 22.0 Å². The first-order valence-electron chi connectivity index (χ1n) is 10.3. The van der Waals surface area contributed by atoms with Gasteiger partial charge >= 0.3 is 5.69 Å². The molecule has 4 heterocycles. The van der Waals surface area contributed by atoms with Crippen LogP contribution in [0.25, 0.3) is 37.2 Å². The number of fused-ring (bicyclic) bond motifs is 2. The van der Waals surface area contributed by atoms with Crippen molar-refractivity contribution in [2.24, 2.45) is 0 Å². The Kier molecular flexibility index (Phi) is 5.80. The fraction of sp³-hybridized carbons (Fsp3) is 0.125. The summed E-state index contributed by atoms with van der Waals surface area (Å²) in [6.07, 6.45) is 4.63. The third-order valence-electron chi connectivity index (χ3n) is 5.53. The van der Waals surface area contributed by atoms with E-state index in [1.54, 1.807) is 30.6 Å². The predicted molar refractivity (Wildman–Crippen MR) is 132 cm³/mol. The van der Waals surface area contributed by atoms with E-state index in [0.29, 0.717) is 26.9 Å². The summed E-state index contributed by atoms with van der Waals surface area (Å²) < 4.78 is 21.9. The van der Waals surface area contributed by atoms with Crippen molar-refractivity contribution in [3.8, 4) is 27.9 Å². The summed E-state index contributed by atoms with van der Waals surface area (Å²) in [6, 6.07) is 9.71. The smallest absolute Gasteiger partial charge is 0.336 e. The van der Waals surface area contributed by atoms with Gasteiger partial charge in [0, 0.05) is 28.6 Å². The van der Waals surface area contributed by atoms with Crippen molar-refractivity contribution in [2.75, 3.05) is 7.11 Å². The fourth-order valence-corrected chi connectivity index (χ4v) is 5.34. The Morgan fingerprint density at radius 1 is 1.26 bits per heavy atom. The highest BCUT2D eigenvalue weighted by molar-refractivity contribution is 7.22. The lowest BCUT2D eigenvalue weighted by Gasteiger charge is -2.12. The van der Waals surface area contributed by atoms with Crippen molar-refractivity contribution < 1.29 is 9.13 Å². The number of hydrogen-bond acceptors (Lipinski definition) is 7. The Labute approximate surface area is 206 Å². The van der Waals surface area contributed by atoms with Crippen molar-refractivity contribution in [3.05, 3.63) is 80.6 Å². The molecule has 0 radical (unpaired) electrons. The maximum Gasteiger partial charge on any atom is 0.336 e. The summed E-state index contributed by atoms with van der Waals surface area (Å²) in [7, 11) is 1.34. The van der Waals surface area contributed by atoms with E-state index in [1.807, 2.05) is 6.07 Å². The minimum absolute atomic E-state index is 0.00420. The number of nitriles is 1. The summed E-state index contributed by atoms with van der Waals surface area (Å²) in [5, 5.41) is 9.87. The molecular formula is C24H15ClFN5O3S. The molecule has 0 saturated carbocycles. The number of nitrogens with zero attached hydrogens (tertiary/aromatic N) is 5. The zero-order valence-corrected chi connectivity index (χ0v) is 19.7. The molecule has 0 aliphatic heterocycles. The average Bonchev–Trinajstić information content (AvgIpc) is 3.29. The topological polar surface area (TPSA) is 103 Å². The molecule has 0 saturated heterocycles. The van der Waals surface area contributed by atoms with Gasteiger partial charge in [-0.2, -0.15) is 5.26 Å². The van der Waals surface area contributed by atoms with Gasteiger partial charge in [0.25, 0.3) is 5.56 Å². The second-order valence-electron chi connectivity index (χ2n) is 7.50. The number of hydrogen-bond donors (Lipinski definition) is 0. The van der Waals surface area contributed by atoms with Gasteiger partial charge in [-0.3, -0.25) is 19.3 Å². The van der Waals surface area contributed by atoms with Crippen molar-refractivity contribution in [1.29, 1.82) is 5.26 Å². The third-order valence-corrected chi connectivity index (χ3v) is 6.98. The van der Waals surface area contributed by atoms with Crippen molar-refractivity contribution >= 4 is 44.1 Å². The van der Waals surface area contributed by atoms with Crippen LogP contribution < -0.4 is 16.0 Å². The highest BCUT2D eigenvalue weighted by atomic mass is 35.5. The number of aromatic nitrogens is 4. The lowest BCUT2D eigenvalue weighted by Crippen LogP contribution is -2.38. The van der Waals surface area contributed by atoms with Gasteiger partial charge in [0.15, 0.2) is 11.6 Å². The molecule has 0 atom stereocenters. The van der Waals surface area contributed by atoms with E-state index < -0.39 is 17.1 Å². The zero-order chi connectivity index (χ0) is 24.7. The number of methoxy groups -OCH3 is 1. The molecule has 0 bridgehead atoms. The van der Waals surface area contributed by atoms with E-state index in [9.17, 15) is 14.0 Å². The van der Waals surface area contributed by atoms with E-state index in [1.165, 1.54) is 23.9 Å². The molecule has 0 aliphatic rings. The van der Waals surface area contributed by atoms with E-state index in [4.69, 9.17) is 21.6 Å². The van der Waals surface area contributed by atoms with Crippen LogP contribution in [0.3, 0.4) is 0 Å². The summed E-state index contributed by atoms with van der Waals surface area (Å²) in [4.78, 5) is 36.2. The Balaban J connectivity index is 1.85. The molecule has 8 nitrogen and oxygen atoms in total. The summed E-state index contributed by atoms with van der Waals surface area (Å²) in [5.41, 5.74) is 0.470. The first-order chi connectivity index (χ1) is 16.9. The quantitative estimate of drug-likeness (QED) is 0.346. The molecular weight excluding hydrogens is 493 g/mol. The monoisotopic (exact) mass is 507 g/mol. The van der Waals surface area contributed by atoms with Crippen molar-refractivity contribution in [2.45, 2.75) is 13.0 Å². The molecule has 5 rings (SSSR count). The van der Waals surface area contributed by atoms with E-state index >= 15 is 0 Å². The van der Waals surface area contributed by atoms with Crippen LogP contribution >= 0.6 is 22.9 Å². The Bertz CT molecular complexity index is 1780. The zero-order valence-electron chi connectivity index (χ0n) is 18.2. The van der Waals surface area contributed by atoms with Gasteiger partial charge < -0.3 is 4.74 Å². The SMILES string of the molecule is COc1cc(-c2cc3c(s2)c(=O)n(-c2cncc4ncccc24)c(=O)n3CCC#N)c(Cl)cc1F. The molecule has 0 unspecified atom stereocenters. The van der Waals surface area contributed by atoms with Crippen LogP contribution in [-0.4, -0.2) is 26.2 Å². The van der Waals surface area contributed by atoms with Crippen molar-refractivity contribution in [3.63, 3.8) is 0 Å².